The molecule has 0 spiro atoms. The van der Waals surface area contributed by atoms with Crippen molar-refractivity contribution in [3.05, 3.63) is 58.3 Å². The van der Waals surface area contributed by atoms with Gasteiger partial charge in [-0.2, -0.15) is 0 Å². The van der Waals surface area contributed by atoms with Crippen LogP contribution >= 0.6 is 0 Å². The number of methoxy groups -OCH3 is 2. The van der Waals surface area contributed by atoms with E-state index < -0.39 is 0 Å². The van der Waals surface area contributed by atoms with E-state index in [4.69, 9.17) is 13.9 Å². The molecule has 1 saturated heterocycles. The van der Waals surface area contributed by atoms with E-state index in [1.165, 1.54) is 13.2 Å². The zero-order valence-electron chi connectivity index (χ0n) is 16.8. The summed E-state index contributed by atoms with van der Waals surface area (Å²) in [4.78, 5) is 15.2. The number of hydrogen-bond acceptors (Lipinski definition) is 6. The maximum Gasteiger partial charge on any atom is 0.197 e. The standard InChI is InChI=1S/C23H25NO5/c1-24-10-9-15(16(24)13-25)21-19(27-2)12-20(28-3)22-17(26)11-18(29-23(21)22)14-7-5-4-6-8-14/h4-8,11-12,15-16,25H,9-10,13H2,1-3H3. The lowest BCUT2D eigenvalue weighted by atomic mass is 9.89. The van der Waals surface area contributed by atoms with Crippen molar-refractivity contribution >= 4 is 11.0 Å². The molecule has 6 nitrogen and oxygen atoms in total. The molecule has 0 radical (unpaired) electrons. The summed E-state index contributed by atoms with van der Waals surface area (Å²) in [5, 5.41) is 10.4. The molecule has 2 heterocycles. The van der Waals surface area contributed by atoms with Crippen molar-refractivity contribution in [2.75, 3.05) is 34.4 Å². The van der Waals surface area contributed by atoms with E-state index in [9.17, 15) is 9.90 Å². The first-order chi connectivity index (χ1) is 14.1. The predicted octanol–water partition coefficient (Wildman–Crippen LogP) is 3.26. The van der Waals surface area contributed by atoms with Crippen LogP contribution in [0.25, 0.3) is 22.3 Å². The molecule has 1 aliphatic rings. The number of nitrogens with zero attached hydrogens (tertiary/aromatic N) is 1. The topological polar surface area (TPSA) is 72.1 Å². The van der Waals surface area contributed by atoms with Crippen LogP contribution in [0.15, 0.2) is 51.7 Å². The number of hydrogen-bond donors (Lipinski definition) is 1. The van der Waals surface area contributed by atoms with Gasteiger partial charge in [0.25, 0.3) is 0 Å². The van der Waals surface area contributed by atoms with Gasteiger partial charge in [0.05, 0.1) is 20.8 Å². The number of likely N-dealkylation sites (N-methyl/N-ethyl adjacent to an activating group) is 1. The third kappa shape index (κ3) is 3.28. The molecule has 3 aromatic rings. The highest BCUT2D eigenvalue weighted by Gasteiger charge is 2.37. The summed E-state index contributed by atoms with van der Waals surface area (Å²) in [6.07, 6.45) is 0.832. The quantitative estimate of drug-likeness (QED) is 0.715. The Kier molecular flexibility index (Phi) is 5.30. The van der Waals surface area contributed by atoms with Gasteiger partial charge < -0.3 is 23.9 Å². The number of aliphatic hydroxyl groups excluding tert-OH is 1. The first-order valence-electron chi connectivity index (χ1n) is 9.68. The molecule has 2 atom stereocenters. The van der Waals surface area contributed by atoms with Crippen molar-refractivity contribution in [3.8, 4) is 22.8 Å². The molecular formula is C23H25NO5. The summed E-state index contributed by atoms with van der Waals surface area (Å²) >= 11 is 0. The molecule has 1 N–H and O–H groups in total. The molecule has 0 amide bonds. The Labute approximate surface area is 169 Å². The molecular weight excluding hydrogens is 370 g/mol. The number of rotatable bonds is 5. The zero-order valence-corrected chi connectivity index (χ0v) is 16.8. The summed E-state index contributed by atoms with van der Waals surface area (Å²) in [5.74, 6) is 1.48. The third-order valence-corrected chi connectivity index (χ3v) is 5.85. The van der Waals surface area contributed by atoms with E-state index in [-0.39, 0.29) is 24.0 Å². The van der Waals surface area contributed by atoms with E-state index in [1.807, 2.05) is 37.4 Å². The molecule has 2 unspecified atom stereocenters. The van der Waals surface area contributed by atoms with Crippen molar-refractivity contribution in [2.45, 2.75) is 18.4 Å². The van der Waals surface area contributed by atoms with Crippen molar-refractivity contribution in [2.24, 2.45) is 0 Å². The highest BCUT2D eigenvalue weighted by atomic mass is 16.5. The van der Waals surface area contributed by atoms with Gasteiger partial charge in [0.2, 0.25) is 0 Å². The number of aliphatic hydroxyl groups is 1. The molecule has 0 bridgehead atoms. The molecule has 29 heavy (non-hydrogen) atoms. The van der Waals surface area contributed by atoms with E-state index in [0.29, 0.717) is 28.2 Å². The number of benzene rings is 2. The highest BCUT2D eigenvalue weighted by Crippen LogP contribution is 2.44. The predicted molar refractivity (Wildman–Crippen MR) is 112 cm³/mol. The number of likely N-dealkylation sites (tertiary alicyclic amines) is 1. The van der Waals surface area contributed by atoms with Gasteiger partial charge in [-0.05, 0) is 20.0 Å². The van der Waals surface area contributed by atoms with Gasteiger partial charge in [-0.3, -0.25) is 4.79 Å². The smallest absolute Gasteiger partial charge is 0.197 e. The number of fused-ring (bicyclic) bond motifs is 1. The van der Waals surface area contributed by atoms with Gasteiger partial charge in [0.15, 0.2) is 5.43 Å². The van der Waals surface area contributed by atoms with Crippen LogP contribution in [-0.2, 0) is 0 Å². The number of ether oxygens (including phenoxy) is 2. The molecule has 1 aliphatic heterocycles. The minimum absolute atomic E-state index is 0.0143. The van der Waals surface area contributed by atoms with Crippen molar-refractivity contribution < 1.29 is 19.0 Å². The maximum atomic E-state index is 13.1. The van der Waals surface area contributed by atoms with Crippen LogP contribution in [0.5, 0.6) is 11.5 Å². The van der Waals surface area contributed by atoms with Crippen LogP contribution in [0.2, 0.25) is 0 Å². The summed E-state index contributed by atoms with van der Waals surface area (Å²) in [5.41, 5.74) is 1.92. The molecule has 1 aromatic heterocycles. The Hall–Kier alpha value is -2.83. The average Bonchev–Trinajstić information content (AvgIpc) is 3.12. The van der Waals surface area contributed by atoms with Gasteiger partial charge in [-0.25, -0.2) is 0 Å². The summed E-state index contributed by atoms with van der Waals surface area (Å²) in [7, 11) is 5.11. The Morgan fingerprint density at radius 2 is 1.86 bits per heavy atom. The maximum absolute atomic E-state index is 13.1. The van der Waals surface area contributed by atoms with Crippen LogP contribution < -0.4 is 14.9 Å². The zero-order chi connectivity index (χ0) is 20.5. The third-order valence-electron chi connectivity index (χ3n) is 5.85. The van der Waals surface area contributed by atoms with Crippen molar-refractivity contribution in [3.63, 3.8) is 0 Å². The van der Waals surface area contributed by atoms with E-state index in [2.05, 4.69) is 4.90 Å². The monoisotopic (exact) mass is 395 g/mol. The fraction of sp³-hybridized carbons (Fsp3) is 0.348. The van der Waals surface area contributed by atoms with E-state index in [0.717, 1.165) is 24.1 Å². The van der Waals surface area contributed by atoms with Crippen LogP contribution in [-0.4, -0.2) is 50.5 Å². The molecule has 1 fully saturated rings. The normalized spacial score (nSPS) is 19.6. The first kappa shape index (κ1) is 19.5. The minimum Gasteiger partial charge on any atom is -0.496 e. The van der Waals surface area contributed by atoms with Gasteiger partial charge in [0.1, 0.15) is 28.2 Å². The van der Waals surface area contributed by atoms with Gasteiger partial charge in [0, 0.05) is 35.2 Å². The second-order valence-corrected chi connectivity index (χ2v) is 7.37. The van der Waals surface area contributed by atoms with Gasteiger partial charge in [-0.15, -0.1) is 0 Å². The second kappa shape index (κ2) is 7.89. The first-order valence-corrected chi connectivity index (χ1v) is 9.68. The molecule has 0 saturated carbocycles. The molecule has 0 aliphatic carbocycles. The SMILES string of the molecule is COc1cc(OC)c2c(=O)cc(-c3ccccc3)oc2c1C1CCN(C)C1CO. The second-order valence-electron chi connectivity index (χ2n) is 7.37. The molecule has 152 valence electrons. The largest absolute Gasteiger partial charge is 0.496 e. The average molecular weight is 395 g/mol. The van der Waals surface area contributed by atoms with Gasteiger partial charge >= 0.3 is 0 Å². The fourth-order valence-corrected chi connectivity index (χ4v) is 4.33. The Balaban J connectivity index is 2.05. The fourth-order valence-electron chi connectivity index (χ4n) is 4.33. The Morgan fingerprint density at radius 1 is 1.14 bits per heavy atom. The highest BCUT2D eigenvalue weighted by molar-refractivity contribution is 5.90. The Morgan fingerprint density at radius 3 is 2.52 bits per heavy atom. The van der Waals surface area contributed by atoms with Crippen molar-refractivity contribution in [1.29, 1.82) is 0 Å². The summed E-state index contributed by atoms with van der Waals surface area (Å²) in [6.45, 7) is 0.857. The van der Waals surface area contributed by atoms with Crippen LogP contribution in [0.1, 0.15) is 17.9 Å². The van der Waals surface area contributed by atoms with Gasteiger partial charge in [-0.1, -0.05) is 30.3 Å². The summed E-state index contributed by atoms with van der Waals surface area (Å²) in [6, 6.07) is 12.7. The van der Waals surface area contributed by atoms with Crippen LogP contribution in [0.3, 0.4) is 0 Å². The molecule has 6 heteroatoms. The molecule has 4 rings (SSSR count). The summed E-state index contributed by atoms with van der Waals surface area (Å²) < 4.78 is 17.5. The van der Waals surface area contributed by atoms with Crippen LogP contribution in [0.4, 0.5) is 0 Å². The van der Waals surface area contributed by atoms with Crippen molar-refractivity contribution in [1.82, 2.24) is 4.90 Å². The molecule has 2 aromatic carbocycles. The lowest BCUT2D eigenvalue weighted by molar-refractivity contribution is 0.171. The van der Waals surface area contributed by atoms with E-state index >= 15 is 0 Å². The minimum atomic E-state index is -0.169. The van der Waals surface area contributed by atoms with E-state index in [1.54, 1.807) is 13.2 Å². The lowest BCUT2D eigenvalue weighted by Gasteiger charge is -2.25. The van der Waals surface area contributed by atoms with Crippen LogP contribution in [0, 0.1) is 0 Å². The lowest BCUT2D eigenvalue weighted by Crippen LogP contribution is -2.32. The Bertz CT molecular complexity index is 1080.